The first-order chi connectivity index (χ1) is 12.7. The Morgan fingerprint density at radius 1 is 1.15 bits per heavy atom. The van der Waals surface area contributed by atoms with E-state index in [1.165, 1.54) is 0 Å². The number of ether oxygens (including phenoxy) is 3. The molecule has 0 amide bonds. The second-order valence-electron chi connectivity index (χ2n) is 9.88. The molecule has 27 heavy (non-hydrogen) atoms. The second kappa shape index (κ2) is 7.59. The minimum atomic E-state index is -0.569. The van der Waals surface area contributed by atoms with Crippen molar-refractivity contribution >= 4 is 17.4 Å². The van der Waals surface area contributed by atoms with Crippen LogP contribution in [0.5, 0.6) is 0 Å². The number of carbonyl (C=O) groups excluding carboxylic acids is 1. The molecule has 0 aliphatic heterocycles. The molecule has 0 radical (unpaired) electrons. The molecule has 3 aliphatic rings. The van der Waals surface area contributed by atoms with Crippen molar-refractivity contribution in [1.29, 1.82) is 0 Å². The van der Waals surface area contributed by atoms with Gasteiger partial charge >= 0.3 is 0 Å². The Morgan fingerprint density at radius 2 is 1.81 bits per heavy atom. The number of rotatable bonds is 5. The van der Waals surface area contributed by atoms with E-state index in [1.807, 2.05) is 14.0 Å². The Kier molecular flexibility index (Phi) is 6.06. The smallest absolute Gasteiger partial charge is 0.146 e. The van der Waals surface area contributed by atoms with Gasteiger partial charge in [-0.05, 0) is 49.4 Å². The van der Waals surface area contributed by atoms with Crippen LogP contribution in [0.15, 0.2) is 0 Å². The Hall–Kier alpha value is -0.160. The standard InChI is InChI=1S/C22H37ClO4/c1-14-7-9-22-10-8-16(26-6)18(22)21(14,4)17(27-13-25-5)11-20(3,12-23)19(24)15(22)2/h14-18H,7-13H2,1-6H3/t14-,15-,16+,17+,18+,20-,21-,22-/m0/s1. The van der Waals surface area contributed by atoms with Crippen LogP contribution >= 0.6 is 11.6 Å². The molecule has 0 aromatic carbocycles. The molecule has 3 fully saturated rings. The summed E-state index contributed by atoms with van der Waals surface area (Å²) in [5, 5.41) is 0. The van der Waals surface area contributed by atoms with Gasteiger partial charge in [0.2, 0.25) is 0 Å². The van der Waals surface area contributed by atoms with Crippen LogP contribution in [0.3, 0.4) is 0 Å². The summed E-state index contributed by atoms with van der Waals surface area (Å²) in [6.45, 7) is 9.16. The van der Waals surface area contributed by atoms with Gasteiger partial charge in [0.1, 0.15) is 12.6 Å². The van der Waals surface area contributed by atoms with Crippen LogP contribution in [-0.2, 0) is 19.0 Å². The fraction of sp³-hybridized carbons (Fsp3) is 0.955. The van der Waals surface area contributed by atoms with Crippen molar-refractivity contribution in [2.45, 2.75) is 72.0 Å². The van der Waals surface area contributed by atoms with Gasteiger partial charge in [-0.1, -0.05) is 27.7 Å². The third-order valence-corrected chi connectivity index (χ3v) is 9.42. The van der Waals surface area contributed by atoms with E-state index in [4.69, 9.17) is 25.8 Å². The molecule has 0 aromatic rings. The summed E-state index contributed by atoms with van der Waals surface area (Å²) in [5.74, 6) is 1.46. The van der Waals surface area contributed by atoms with Gasteiger partial charge < -0.3 is 14.2 Å². The largest absolute Gasteiger partial charge is 0.381 e. The Balaban J connectivity index is 2.18. The average Bonchev–Trinajstić information content (AvgIpc) is 3.07. The molecule has 4 nitrogen and oxygen atoms in total. The molecule has 3 aliphatic carbocycles. The number of alkyl halides is 1. The molecule has 0 unspecified atom stereocenters. The first kappa shape index (κ1) is 21.5. The summed E-state index contributed by atoms with van der Waals surface area (Å²) >= 11 is 6.41. The lowest BCUT2D eigenvalue weighted by Crippen LogP contribution is -2.63. The highest BCUT2D eigenvalue weighted by molar-refractivity contribution is 6.20. The molecule has 0 heterocycles. The molecular weight excluding hydrogens is 364 g/mol. The van der Waals surface area contributed by atoms with Crippen molar-refractivity contribution in [3.8, 4) is 0 Å². The van der Waals surface area contributed by atoms with E-state index in [9.17, 15) is 4.79 Å². The maximum Gasteiger partial charge on any atom is 0.146 e. The van der Waals surface area contributed by atoms with Gasteiger partial charge in [-0.25, -0.2) is 0 Å². The minimum Gasteiger partial charge on any atom is -0.381 e. The molecule has 0 N–H and O–H groups in total. The third kappa shape index (κ3) is 3.01. The molecule has 3 rings (SSSR count). The van der Waals surface area contributed by atoms with E-state index in [-0.39, 0.29) is 35.7 Å². The van der Waals surface area contributed by atoms with Crippen LogP contribution in [0.2, 0.25) is 0 Å². The predicted molar refractivity (Wildman–Crippen MR) is 107 cm³/mol. The van der Waals surface area contributed by atoms with Gasteiger partial charge in [-0.2, -0.15) is 0 Å². The number of hydrogen-bond donors (Lipinski definition) is 0. The topological polar surface area (TPSA) is 44.8 Å². The molecule has 156 valence electrons. The lowest BCUT2D eigenvalue weighted by atomic mass is 9.44. The summed E-state index contributed by atoms with van der Waals surface area (Å²) in [6.07, 6.45) is 5.06. The molecule has 0 spiro atoms. The summed E-state index contributed by atoms with van der Waals surface area (Å²) in [7, 11) is 3.48. The van der Waals surface area contributed by atoms with Crippen LogP contribution in [0.1, 0.15) is 59.8 Å². The Bertz CT molecular complexity index is 569. The number of Topliss-reactive ketones (excluding diaryl/α,β-unsaturated/α-hetero) is 1. The van der Waals surface area contributed by atoms with E-state index in [0.29, 0.717) is 29.9 Å². The quantitative estimate of drug-likeness (QED) is 0.496. The highest BCUT2D eigenvalue weighted by Crippen LogP contribution is 2.68. The van der Waals surface area contributed by atoms with Crippen molar-refractivity contribution < 1.29 is 19.0 Å². The molecule has 2 bridgehead atoms. The fourth-order valence-corrected chi connectivity index (χ4v) is 7.24. The first-order valence-corrected chi connectivity index (χ1v) is 11.0. The summed E-state index contributed by atoms with van der Waals surface area (Å²) in [6, 6.07) is 0. The van der Waals surface area contributed by atoms with Crippen LogP contribution < -0.4 is 0 Å². The predicted octanol–water partition coefficient (Wildman–Crippen LogP) is 4.68. The number of carbonyl (C=O) groups is 1. The maximum absolute atomic E-state index is 13.7. The maximum atomic E-state index is 13.7. The number of hydrogen-bond acceptors (Lipinski definition) is 4. The van der Waals surface area contributed by atoms with E-state index in [0.717, 1.165) is 25.7 Å². The zero-order valence-corrected chi connectivity index (χ0v) is 18.6. The highest BCUT2D eigenvalue weighted by Gasteiger charge is 2.68. The SMILES string of the molecule is COCO[C@@H]1C[C@@](C)(CCl)C(=O)[C@H](C)[C@]23CC[C@@H](OC)[C@@H]2[C@@]1(C)[C@@H](C)CC3. The average molecular weight is 401 g/mol. The van der Waals surface area contributed by atoms with Crippen molar-refractivity contribution in [2.75, 3.05) is 26.9 Å². The van der Waals surface area contributed by atoms with E-state index in [2.05, 4.69) is 20.8 Å². The number of ketones is 1. The van der Waals surface area contributed by atoms with Crippen molar-refractivity contribution in [1.82, 2.24) is 0 Å². The first-order valence-electron chi connectivity index (χ1n) is 10.4. The van der Waals surface area contributed by atoms with Gasteiger partial charge in [0.15, 0.2) is 0 Å². The molecule has 5 heteroatoms. The number of methoxy groups -OCH3 is 2. The summed E-state index contributed by atoms with van der Waals surface area (Å²) in [5.41, 5.74) is -0.654. The fourth-order valence-electron chi connectivity index (χ4n) is 7.00. The second-order valence-corrected chi connectivity index (χ2v) is 10.1. The highest BCUT2D eigenvalue weighted by atomic mass is 35.5. The Labute approximate surface area is 169 Å². The monoisotopic (exact) mass is 400 g/mol. The molecular formula is C22H37ClO4. The normalized spacial score (nSPS) is 50.2. The van der Waals surface area contributed by atoms with E-state index >= 15 is 0 Å². The molecule has 0 aromatic heterocycles. The van der Waals surface area contributed by atoms with Gasteiger partial charge in [0, 0.05) is 36.8 Å². The van der Waals surface area contributed by atoms with Crippen LogP contribution in [0, 0.1) is 34.0 Å². The van der Waals surface area contributed by atoms with Gasteiger partial charge in [0.05, 0.1) is 12.2 Å². The lowest BCUT2D eigenvalue weighted by Gasteiger charge is -2.62. The molecule has 3 saturated carbocycles. The number of halogens is 1. The van der Waals surface area contributed by atoms with Crippen molar-refractivity contribution in [3.63, 3.8) is 0 Å². The van der Waals surface area contributed by atoms with Crippen LogP contribution in [-0.4, -0.2) is 44.9 Å². The van der Waals surface area contributed by atoms with Crippen molar-refractivity contribution in [3.05, 3.63) is 0 Å². The zero-order valence-electron chi connectivity index (χ0n) is 17.8. The third-order valence-electron chi connectivity index (χ3n) is 8.83. The summed E-state index contributed by atoms with van der Waals surface area (Å²) < 4.78 is 17.6. The van der Waals surface area contributed by atoms with Crippen LogP contribution in [0.25, 0.3) is 0 Å². The Morgan fingerprint density at radius 3 is 2.41 bits per heavy atom. The minimum absolute atomic E-state index is 0.00148. The van der Waals surface area contributed by atoms with Crippen LogP contribution in [0.4, 0.5) is 0 Å². The van der Waals surface area contributed by atoms with Gasteiger partial charge in [-0.15, -0.1) is 11.6 Å². The zero-order chi connectivity index (χ0) is 20.0. The van der Waals surface area contributed by atoms with Crippen molar-refractivity contribution in [2.24, 2.45) is 34.0 Å². The van der Waals surface area contributed by atoms with E-state index in [1.54, 1.807) is 7.11 Å². The van der Waals surface area contributed by atoms with Gasteiger partial charge in [0.25, 0.3) is 0 Å². The van der Waals surface area contributed by atoms with Gasteiger partial charge in [-0.3, -0.25) is 4.79 Å². The lowest BCUT2D eigenvalue weighted by molar-refractivity contribution is -0.218. The molecule has 0 saturated heterocycles. The molecule has 8 atom stereocenters. The van der Waals surface area contributed by atoms with E-state index < -0.39 is 5.41 Å². The summed E-state index contributed by atoms with van der Waals surface area (Å²) in [4.78, 5) is 13.7.